The van der Waals surface area contributed by atoms with Crippen LogP contribution in [0.4, 0.5) is 0 Å². The van der Waals surface area contributed by atoms with Crippen molar-refractivity contribution in [3.8, 4) is 0 Å². The van der Waals surface area contributed by atoms with Crippen LogP contribution in [-0.2, 0) is 0 Å². The molecule has 1 rings (SSSR count). The fraction of sp³-hybridized carbons (Fsp3) is 0.125. The number of rotatable bonds is 1. The normalized spacial score (nSPS) is 8.93. The van der Waals surface area contributed by atoms with Gasteiger partial charge in [-0.25, -0.2) is 0 Å². The molecule has 0 saturated carbocycles. The van der Waals surface area contributed by atoms with Gasteiger partial charge in [-0.15, -0.1) is 0 Å². The van der Waals surface area contributed by atoms with Crippen LogP contribution in [-0.4, -0.2) is 23.1 Å². The van der Waals surface area contributed by atoms with Crippen LogP contribution in [0.25, 0.3) is 0 Å². The highest BCUT2D eigenvalue weighted by Crippen LogP contribution is 1.91. The average Bonchev–Trinajstić information content (AvgIpc) is 2.26. The third kappa shape index (κ3) is 2.98. The van der Waals surface area contributed by atoms with E-state index in [2.05, 4.69) is 21.2 Å². The molecule has 14 heavy (non-hydrogen) atoms. The molecule has 74 valence electrons. The molecule has 0 spiro atoms. The van der Waals surface area contributed by atoms with Crippen molar-refractivity contribution in [3.63, 3.8) is 0 Å². The lowest BCUT2D eigenvalue weighted by atomic mass is 10.3. The maximum atomic E-state index is 11.3. The summed E-state index contributed by atoms with van der Waals surface area (Å²) in [6.07, 6.45) is 1.55. The van der Waals surface area contributed by atoms with Crippen LogP contribution in [0, 0.1) is 0 Å². The SMILES string of the molecule is CNC(=S)NNC(=O)c1ccccn1. The van der Waals surface area contributed by atoms with Crippen LogP contribution in [0.5, 0.6) is 0 Å². The summed E-state index contributed by atoms with van der Waals surface area (Å²) >= 11 is 4.77. The number of pyridine rings is 1. The van der Waals surface area contributed by atoms with Gasteiger partial charge in [0.05, 0.1) is 0 Å². The molecule has 0 bridgehead atoms. The van der Waals surface area contributed by atoms with Gasteiger partial charge in [-0.05, 0) is 24.4 Å². The van der Waals surface area contributed by atoms with Gasteiger partial charge in [-0.1, -0.05) is 6.07 Å². The lowest BCUT2D eigenvalue weighted by molar-refractivity contribution is 0.0939. The molecule has 0 unspecified atom stereocenters. The molecule has 5 nitrogen and oxygen atoms in total. The first-order valence-corrected chi connectivity index (χ1v) is 4.34. The van der Waals surface area contributed by atoms with E-state index in [1.165, 1.54) is 0 Å². The molecule has 1 amide bonds. The van der Waals surface area contributed by atoms with Gasteiger partial charge < -0.3 is 5.32 Å². The Bertz CT molecular complexity index is 327. The van der Waals surface area contributed by atoms with Crippen LogP contribution in [0.15, 0.2) is 24.4 Å². The Labute approximate surface area is 86.9 Å². The minimum atomic E-state index is -0.330. The number of hydrazine groups is 1. The van der Waals surface area contributed by atoms with Crippen LogP contribution in [0.3, 0.4) is 0 Å². The van der Waals surface area contributed by atoms with E-state index in [-0.39, 0.29) is 5.91 Å². The summed E-state index contributed by atoms with van der Waals surface area (Å²) in [5.41, 5.74) is 5.24. The number of amides is 1. The number of aromatic nitrogens is 1. The molecule has 3 N–H and O–H groups in total. The number of carbonyl (C=O) groups is 1. The first kappa shape index (κ1) is 10.4. The molecule has 0 aliphatic heterocycles. The van der Waals surface area contributed by atoms with Crippen LogP contribution >= 0.6 is 12.2 Å². The van der Waals surface area contributed by atoms with Crippen LogP contribution < -0.4 is 16.2 Å². The van der Waals surface area contributed by atoms with Gasteiger partial charge >= 0.3 is 0 Å². The van der Waals surface area contributed by atoms with Gasteiger partial charge in [0.15, 0.2) is 5.11 Å². The molecule has 1 heterocycles. The fourth-order valence-electron chi connectivity index (χ4n) is 0.737. The highest BCUT2D eigenvalue weighted by molar-refractivity contribution is 7.80. The zero-order chi connectivity index (χ0) is 10.4. The van der Waals surface area contributed by atoms with Crippen molar-refractivity contribution in [2.24, 2.45) is 0 Å². The second-order valence-electron chi connectivity index (χ2n) is 2.37. The van der Waals surface area contributed by atoms with E-state index < -0.39 is 0 Å². The van der Waals surface area contributed by atoms with Crippen LogP contribution in [0.2, 0.25) is 0 Å². The third-order valence-electron chi connectivity index (χ3n) is 1.41. The molecular weight excluding hydrogens is 200 g/mol. The van der Waals surface area contributed by atoms with Crippen molar-refractivity contribution >= 4 is 23.2 Å². The Balaban J connectivity index is 2.48. The molecule has 0 aromatic carbocycles. The molecule has 0 saturated heterocycles. The molecule has 0 radical (unpaired) electrons. The van der Waals surface area contributed by atoms with Crippen molar-refractivity contribution in [1.82, 2.24) is 21.2 Å². The van der Waals surface area contributed by atoms with E-state index in [0.717, 1.165) is 0 Å². The predicted molar refractivity (Wildman–Crippen MR) is 56.5 cm³/mol. The van der Waals surface area contributed by atoms with Crippen molar-refractivity contribution < 1.29 is 4.79 Å². The van der Waals surface area contributed by atoms with Crippen molar-refractivity contribution in [1.29, 1.82) is 0 Å². The minimum Gasteiger partial charge on any atom is -0.364 e. The van der Waals surface area contributed by atoms with E-state index in [9.17, 15) is 4.79 Å². The van der Waals surface area contributed by atoms with E-state index in [1.807, 2.05) is 0 Å². The Kier molecular flexibility index (Phi) is 3.81. The number of hydrogen-bond donors (Lipinski definition) is 3. The largest absolute Gasteiger partial charge is 0.364 e. The molecule has 0 atom stereocenters. The summed E-state index contributed by atoms with van der Waals surface area (Å²) < 4.78 is 0. The topological polar surface area (TPSA) is 66.0 Å². The van der Waals surface area contributed by atoms with Gasteiger partial charge in [0.1, 0.15) is 5.69 Å². The molecule has 0 aliphatic rings. The van der Waals surface area contributed by atoms with E-state index in [4.69, 9.17) is 12.2 Å². The first-order chi connectivity index (χ1) is 6.74. The van der Waals surface area contributed by atoms with Gasteiger partial charge in [-0.3, -0.25) is 20.6 Å². The number of nitrogens with one attached hydrogen (secondary N) is 3. The van der Waals surface area contributed by atoms with Crippen molar-refractivity contribution in [2.75, 3.05) is 7.05 Å². The minimum absolute atomic E-state index is 0.330. The smallest absolute Gasteiger partial charge is 0.288 e. The highest BCUT2D eigenvalue weighted by atomic mass is 32.1. The standard InChI is InChI=1S/C8H10N4OS/c1-9-8(14)12-11-7(13)6-4-2-3-5-10-6/h2-5H,1H3,(H,11,13)(H2,9,12,14). The van der Waals surface area contributed by atoms with Gasteiger partial charge in [0, 0.05) is 13.2 Å². The van der Waals surface area contributed by atoms with E-state index in [1.54, 1.807) is 31.4 Å². The summed E-state index contributed by atoms with van der Waals surface area (Å²) in [4.78, 5) is 15.2. The summed E-state index contributed by atoms with van der Waals surface area (Å²) in [7, 11) is 1.66. The summed E-state index contributed by atoms with van der Waals surface area (Å²) in [5, 5.41) is 3.00. The Hall–Kier alpha value is -1.69. The number of hydrogen-bond acceptors (Lipinski definition) is 3. The van der Waals surface area contributed by atoms with Crippen molar-refractivity contribution in [2.45, 2.75) is 0 Å². The van der Waals surface area contributed by atoms with Gasteiger partial charge in [-0.2, -0.15) is 0 Å². The highest BCUT2D eigenvalue weighted by Gasteiger charge is 2.04. The predicted octanol–water partition coefficient (Wildman–Crippen LogP) is -0.180. The zero-order valence-electron chi connectivity index (χ0n) is 7.57. The zero-order valence-corrected chi connectivity index (χ0v) is 8.39. The average molecular weight is 210 g/mol. The third-order valence-corrected chi connectivity index (χ3v) is 1.72. The first-order valence-electron chi connectivity index (χ1n) is 3.93. The Morgan fingerprint density at radius 3 is 2.79 bits per heavy atom. The molecule has 0 fully saturated rings. The molecule has 1 aromatic rings. The maximum absolute atomic E-state index is 11.3. The van der Waals surface area contributed by atoms with Gasteiger partial charge in [0.25, 0.3) is 5.91 Å². The number of thiocarbonyl (C=S) groups is 1. The molecular formula is C8H10N4OS. The number of carbonyl (C=O) groups excluding carboxylic acids is 1. The molecule has 6 heteroatoms. The monoisotopic (exact) mass is 210 g/mol. The summed E-state index contributed by atoms with van der Waals surface area (Å²) in [6.45, 7) is 0. The second-order valence-corrected chi connectivity index (χ2v) is 2.78. The van der Waals surface area contributed by atoms with E-state index in [0.29, 0.717) is 10.8 Å². The van der Waals surface area contributed by atoms with Crippen molar-refractivity contribution in [3.05, 3.63) is 30.1 Å². The lowest BCUT2D eigenvalue weighted by Gasteiger charge is -2.07. The Morgan fingerprint density at radius 2 is 2.21 bits per heavy atom. The maximum Gasteiger partial charge on any atom is 0.288 e. The second kappa shape index (κ2) is 5.13. The van der Waals surface area contributed by atoms with Crippen LogP contribution in [0.1, 0.15) is 10.5 Å². The fourth-order valence-corrected chi connectivity index (χ4v) is 0.788. The molecule has 0 aliphatic carbocycles. The number of nitrogens with zero attached hydrogens (tertiary/aromatic N) is 1. The molecule has 1 aromatic heterocycles. The van der Waals surface area contributed by atoms with Gasteiger partial charge in [0.2, 0.25) is 0 Å². The Morgan fingerprint density at radius 1 is 1.43 bits per heavy atom. The summed E-state index contributed by atoms with van der Waals surface area (Å²) in [5.74, 6) is -0.330. The van der Waals surface area contributed by atoms with E-state index >= 15 is 0 Å². The quantitative estimate of drug-likeness (QED) is 0.443. The summed E-state index contributed by atoms with van der Waals surface area (Å²) in [6, 6.07) is 5.08. The lowest BCUT2D eigenvalue weighted by Crippen LogP contribution is -2.45.